The molecule has 1 aromatic rings. The van der Waals surface area contributed by atoms with Crippen molar-refractivity contribution in [3.05, 3.63) is 34.1 Å². The summed E-state index contributed by atoms with van der Waals surface area (Å²) in [5, 5.41) is 3.15. The molecule has 16 heavy (non-hydrogen) atoms. The van der Waals surface area contributed by atoms with Gasteiger partial charge in [0.05, 0.1) is 0 Å². The summed E-state index contributed by atoms with van der Waals surface area (Å²) in [5.41, 5.74) is 6.39. The molecule has 0 aliphatic carbocycles. The zero-order chi connectivity index (χ0) is 12.1. The molecular weight excluding hydrogens is 271 g/mol. The van der Waals surface area contributed by atoms with E-state index in [4.69, 9.17) is 5.73 Å². The van der Waals surface area contributed by atoms with E-state index < -0.39 is 0 Å². The third kappa shape index (κ3) is 3.03. The van der Waals surface area contributed by atoms with E-state index in [1.807, 2.05) is 13.1 Å². The van der Waals surface area contributed by atoms with Gasteiger partial charge in [-0.15, -0.1) is 0 Å². The number of nitrogens with two attached hydrogens (primary N) is 1. The first kappa shape index (κ1) is 13.6. The maximum absolute atomic E-state index is 13.7. The first-order valence-electron chi connectivity index (χ1n) is 5.46. The van der Waals surface area contributed by atoms with E-state index in [0.29, 0.717) is 12.1 Å². The second kappa shape index (κ2) is 6.33. The van der Waals surface area contributed by atoms with Gasteiger partial charge in [-0.2, -0.15) is 0 Å². The van der Waals surface area contributed by atoms with Crippen LogP contribution >= 0.6 is 15.9 Å². The highest BCUT2D eigenvalue weighted by atomic mass is 79.9. The fourth-order valence-electron chi connectivity index (χ4n) is 1.94. The number of nitrogens with one attached hydrogen (secondary N) is 1. The SMILES string of the molecule is CCC(CN)C(NC)c1cc(Br)ccc1F. The van der Waals surface area contributed by atoms with Gasteiger partial charge < -0.3 is 11.1 Å². The first-order valence-corrected chi connectivity index (χ1v) is 6.25. The molecule has 0 fully saturated rings. The van der Waals surface area contributed by atoms with E-state index in [1.165, 1.54) is 6.07 Å². The largest absolute Gasteiger partial charge is 0.330 e. The summed E-state index contributed by atoms with van der Waals surface area (Å²) < 4.78 is 14.6. The zero-order valence-electron chi connectivity index (χ0n) is 9.63. The van der Waals surface area contributed by atoms with Crippen LogP contribution in [0.25, 0.3) is 0 Å². The Morgan fingerprint density at radius 3 is 2.69 bits per heavy atom. The van der Waals surface area contributed by atoms with Crippen LogP contribution in [0, 0.1) is 11.7 Å². The van der Waals surface area contributed by atoms with Gasteiger partial charge in [-0.05, 0) is 37.7 Å². The highest BCUT2D eigenvalue weighted by Crippen LogP contribution is 2.28. The van der Waals surface area contributed by atoms with Gasteiger partial charge in [0.2, 0.25) is 0 Å². The van der Waals surface area contributed by atoms with Crippen LogP contribution in [-0.4, -0.2) is 13.6 Å². The molecule has 0 amide bonds. The van der Waals surface area contributed by atoms with E-state index in [0.717, 1.165) is 10.9 Å². The number of halogens is 2. The number of rotatable bonds is 5. The predicted octanol–water partition coefficient (Wildman–Crippen LogP) is 2.83. The van der Waals surface area contributed by atoms with Crippen molar-refractivity contribution >= 4 is 15.9 Å². The fraction of sp³-hybridized carbons (Fsp3) is 0.500. The van der Waals surface area contributed by atoms with Gasteiger partial charge in [0.25, 0.3) is 0 Å². The molecule has 0 bridgehead atoms. The Kier molecular flexibility index (Phi) is 5.38. The quantitative estimate of drug-likeness (QED) is 0.874. The van der Waals surface area contributed by atoms with Crippen LogP contribution in [0.15, 0.2) is 22.7 Å². The number of benzene rings is 1. The third-order valence-corrected chi connectivity index (χ3v) is 3.40. The summed E-state index contributed by atoms with van der Waals surface area (Å²) in [4.78, 5) is 0. The molecule has 0 heterocycles. The minimum Gasteiger partial charge on any atom is -0.330 e. The van der Waals surface area contributed by atoms with Crippen LogP contribution in [0.2, 0.25) is 0 Å². The lowest BCUT2D eigenvalue weighted by molar-refractivity contribution is 0.367. The first-order chi connectivity index (χ1) is 7.63. The molecular formula is C12H18BrFN2. The van der Waals surface area contributed by atoms with Gasteiger partial charge in [-0.1, -0.05) is 29.3 Å². The lowest BCUT2D eigenvalue weighted by Crippen LogP contribution is -2.30. The van der Waals surface area contributed by atoms with Gasteiger partial charge >= 0.3 is 0 Å². The molecule has 0 aliphatic rings. The average Bonchev–Trinajstić information content (AvgIpc) is 2.29. The lowest BCUT2D eigenvalue weighted by Gasteiger charge is -2.25. The fourth-order valence-corrected chi connectivity index (χ4v) is 2.32. The van der Waals surface area contributed by atoms with Crippen molar-refractivity contribution in [2.24, 2.45) is 11.7 Å². The van der Waals surface area contributed by atoms with Crippen molar-refractivity contribution in [3.63, 3.8) is 0 Å². The highest BCUT2D eigenvalue weighted by molar-refractivity contribution is 9.10. The highest BCUT2D eigenvalue weighted by Gasteiger charge is 2.21. The topological polar surface area (TPSA) is 38.0 Å². The minimum absolute atomic E-state index is 0.0347. The molecule has 2 atom stereocenters. The lowest BCUT2D eigenvalue weighted by atomic mass is 9.91. The molecule has 1 rings (SSSR count). The molecule has 4 heteroatoms. The Labute approximate surface area is 105 Å². The second-order valence-electron chi connectivity index (χ2n) is 3.84. The molecule has 90 valence electrons. The van der Waals surface area contributed by atoms with Gasteiger partial charge in [0.1, 0.15) is 5.82 Å². The summed E-state index contributed by atoms with van der Waals surface area (Å²) in [5.74, 6) is 0.0586. The van der Waals surface area contributed by atoms with Crippen LogP contribution in [0.5, 0.6) is 0 Å². The van der Waals surface area contributed by atoms with Crippen molar-refractivity contribution < 1.29 is 4.39 Å². The van der Waals surface area contributed by atoms with Crippen molar-refractivity contribution in [2.75, 3.05) is 13.6 Å². The van der Waals surface area contributed by atoms with Crippen LogP contribution in [0.3, 0.4) is 0 Å². The standard InChI is InChI=1S/C12H18BrFN2/c1-3-8(7-15)12(16-2)10-6-9(13)4-5-11(10)14/h4-6,8,12,16H,3,7,15H2,1-2H3. The monoisotopic (exact) mass is 288 g/mol. The van der Waals surface area contributed by atoms with Crippen molar-refractivity contribution in [1.29, 1.82) is 0 Å². The van der Waals surface area contributed by atoms with E-state index >= 15 is 0 Å². The van der Waals surface area contributed by atoms with Crippen molar-refractivity contribution in [2.45, 2.75) is 19.4 Å². The van der Waals surface area contributed by atoms with Gasteiger partial charge in [-0.3, -0.25) is 0 Å². The van der Waals surface area contributed by atoms with E-state index in [1.54, 1.807) is 6.07 Å². The van der Waals surface area contributed by atoms with E-state index in [9.17, 15) is 4.39 Å². The number of hydrogen-bond donors (Lipinski definition) is 2. The molecule has 0 radical (unpaired) electrons. The molecule has 0 saturated heterocycles. The molecule has 3 N–H and O–H groups in total. The molecule has 0 spiro atoms. The summed E-state index contributed by atoms with van der Waals surface area (Å²) >= 11 is 3.36. The van der Waals surface area contributed by atoms with E-state index in [2.05, 4.69) is 28.2 Å². The molecule has 0 saturated carbocycles. The Morgan fingerprint density at radius 1 is 1.50 bits per heavy atom. The normalized spacial score (nSPS) is 14.8. The third-order valence-electron chi connectivity index (χ3n) is 2.90. The molecule has 0 aliphatic heterocycles. The predicted molar refractivity (Wildman–Crippen MR) is 68.7 cm³/mol. The Bertz CT molecular complexity index is 340. The Balaban J connectivity index is 3.06. The molecule has 2 nitrogen and oxygen atoms in total. The Hall–Kier alpha value is -0.450. The van der Waals surface area contributed by atoms with Crippen LogP contribution in [0.1, 0.15) is 24.9 Å². The van der Waals surface area contributed by atoms with Crippen molar-refractivity contribution in [1.82, 2.24) is 5.32 Å². The molecule has 0 aromatic heterocycles. The summed E-state index contributed by atoms with van der Waals surface area (Å²) in [6.45, 7) is 2.62. The van der Waals surface area contributed by atoms with E-state index in [-0.39, 0.29) is 17.8 Å². The van der Waals surface area contributed by atoms with Gasteiger partial charge in [0.15, 0.2) is 0 Å². The van der Waals surface area contributed by atoms with Gasteiger partial charge in [-0.25, -0.2) is 4.39 Å². The van der Waals surface area contributed by atoms with Crippen LogP contribution in [0.4, 0.5) is 4.39 Å². The molecule has 1 aromatic carbocycles. The second-order valence-corrected chi connectivity index (χ2v) is 4.75. The maximum atomic E-state index is 13.7. The smallest absolute Gasteiger partial charge is 0.128 e. The summed E-state index contributed by atoms with van der Waals surface area (Å²) in [6.07, 6.45) is 0.925. The maximum Gasteiger partial charge on any atom is 0.128 e. The average molecular weight is 289 g/mol. The Morgan fingerprint density at radius 2 is 2.19 bits per heavy atom. The molecule has 2 unspecified atom stereocenters. The summed E-state index contributed by atoms with van der Waals surface area (Å²) in [6, 6.07) is 4.96. The number of hydrogen-bond acceptors (Lipinski definition) is 2. The van der Waals surface area contributed by atoms with Crippen LogP contribution in [-0.2, 0) is 0 Å². The van der Waals surface area contributed by atoms with Crippen molar-refractivity contribution in [3.8, 4) is 0 Å². The zero-order valence-corrected chi connectivity index (χ0v) is 11.2. The minimum atomic E-state index is -0.186. The van der Waals surface area contributed by atoms with Crippen LogP contribution < -0.4 is 11.1 Å². The van der Waals surface area contributed by atoms with Gasteiger partial charge in [0, 0.05) is 16.1 Å². The summed E-state index contributed by atoms with van der Waals surface area (Å²) in [7, 11) is 1.84.